The molecule has 0 aromatic heterocycles. The van der Waals surface area contributed by atoms with Crippen molar-refractivity contribution in [2.75, 3.05) is 6.54 Å². The number of rotatable bonds is 6. The predicted molar refractivity (Wildman–Crippen MR) is 56.0 cm³/mol. The van der Waals surface area contributed by atoms with E-state index in [9.17, 15) is 0 Å². The first kappa shape index (κ1) is 11.4. The van der Waals surface area contributed by atoms with Crippen LogP contribution in [0.15, 0.2) is 24.3 Å². The molecule has 0 aromatic rings. The van der Waals surface area contributed by atoms with Crippen molar-refractivity contribution in [3.8, 4) is 0 Å². The molecule has 0 spiro atoms. The second-order valence-electron chi connectivity index (χ2n) is 3.12. The van der Waals surface area contributed by atoms with Crippen LogP contribution in [0.25, 0.3) is 0 Å². The normalized spacial score (nSPS) is 14.4. The molecule has 0 radical (unpaired) electrons. The smallest absolute Gasteiger partial charge is 0.00489 e. The number of allylic oxidation sites excluding steroid dienone is 3. The lowest BCUT2D eigenvalue weighted by Crippen LogP contribution is -2.13. The Morgan fingerprint density at radius 3 is 2.58 bits per heavy atom. The van der Waals surface area contributed by atoms with Crippen LogP contribution < -0.4 is 5.73 Å². The highest BCUT2D eigenvalue weighted by Crippen LogP contribution is 2.14. The van der Waals surface area contributed by atoms with Crippen LogP contribution >= 0.6 is 0 Å². The second-order valence-corrected chi connectivity index (χ2v) is 3.12. The summed E-state index contributed by atoms with van der Waals surface area (Å²) in [5.41, 5.74) is 6.94. The Labute approximate surface area is 76.3 Å². The summed E-state index contributed by atoms with van der Waals surface area (Å²) >= 11 is 0. The van der Waals surface area contributed by atoms with Crippen molar-refractivity contribution in [2.45, 2.75) is 33.1 Å². The number of hydrogen-bond acceptors (Lipinski definition) is 1. The highest BCUT2D eigenvalue weighted by molar-refractivity contribution is 5.14. The van der Waals surface area contributed by atoms with E-state index < -0.39 is 0 Å². The summed E-state index contributed by atoms with van der Waals surface area (Å²) in [6.45, 7) is 8.82. The SMILES string of the molecule is C=C/C(=C\C)CCC(CC)CN. The third-order valence-electron chi connectivity index (χ3n) is 2.38. The summed E-state index contributed by atoms with van der Waals surface area (Å²) in [7, 11) is 0. The molecule has 0 heterocycles. The molecule has 0 aliphatic carbocycles. The van der Waals surface area contributed by atoms with Crippen LogP contribution in [0, 0.1) is 5.92 Å². The zero-order valence-electron chi connectivity index (χ0n) is 8.34. The molecule has 1 nitrogen and oxygen atoms in total. The van der Waals surface area contributed by atoms with E-state index in [2.05, 4.69) is 26.5 Å². The van der Waals surface area contributed by atoms with Gasteiger partial charge in [-0.2, -0.15) is 0 Å². The standard InChI is InChI=1S/C11H21N/c1-4-10(5-2)7-8-11(6-3)9-12/h4-5,11H,1,6-9,12H2,2-3H3/b10-5+. The van der Waals surface area contributed by atoms with Crippen molar-refractivity contribution in [1.82, 2.24) is 0 Å². The minimum Gasteiger partial charge on any atom is -0.330 e. The zero-order valence-corrected chi connectivity index (χ0v) is 8.34. The lowest BCUT2D eigenvalue weighted by Gasteiger charge is -2.11. The van der Waals surface area contributed by atoms with Gasteiger partial charge in [-0.1, -0.05) is 37.6 Å². The molecule has 1 atom stereocenters. The average Bonchev–Trinajstić information content (AvgIpc) is 2.13. The second kappa shape index (κ2) is 7.11. The lowest BCUT2D eigenvalue weighted by molar-refractivity contribution is 0.482. The van der Waals surface area contributed by atoms with Gasteiger partial charge in [0.1, 0.15) is 0 Å². The molecule has 0 rings (SSSR count). The van der Waals surface area contributed by atoms with E-state index in [1.165, 1.54) is 18.4 Å². The molecular weight excluding hydrogens is 146 g/mol. The molecule has 2 N–H and O–H groups in total. The van der Waals surface area contributed by atoms with Gasteiger partial charge in [-0.25, -0.2) is 0 Å². The molecule has 1 heteroatoms. The van der Waals surface area contributed by atoms with E-state index in [1.54, 1.807) is 0 Å². The molecular formula is C11H21N. The Morgan fingerprint density at radius 2 is 2.25 bits per heavy atom. The maximum atomic E-state index is 5.61. The highest BCUT2D eigenvalue weighted by Gasteiger charge is 2.03. The van der Waals surface area contributed by atoms with Gasteiger partial charge in [0.2, 0.25) is 0 Å². The van der Waals surface area contributed by atoms with Crippen LogP contribution in [0.5, 0.6) is 0 Å². The van der Waals surface area contributed by atoms with Crippen LogP contribution in [-0.2, 0) is 0 Å². The quantitative estimate of drug-likeness (QED) is 0.605. The summed E-state index contributed by atoms with van der Waals surface area (Å²) in [5, 5.41) is 0. The molecule has 0 amide bonds. The first-order valence-corrected chi connectivity index (χ1v) is 4.76. The van der Waals surface area contributed by atoms with Gasteiger partial charge in [0, 0.05) is 0 Å². The first-order chi connectivity index (χ1) is 5.78. The third kappa shape index (κ3) is 4.35. The van der Waals surface area contributed by atoms with Crippen LogP contribution in [0.1, 0.15) is 33.1 Å². The van der Waals surface area contributed by atoms with E-state index in [4.69, 9.17) is 5.73 Å². The van der Waals surface area contributed by atoms with Crippen molar-refractivity contribution >= 4 is 0 Å². The monoisotopic (exact) mass is 167 g/mol. The fourth-order valence-electron chi connectivity index (χ4n) is 1.22. The van der Waals surface area contributed by atoms with Crippen LogP contribution in [0.2, 0.25) is 0 Å². The van der Waals surface area contributed by atoms with Crippen molar-refractivity contribution in [1.29, 1.82) is 0 Å². The summed E-state index contributed by atoms with van der Waals surface area (Å²) < 4.78 is 0. The summed E-state index contributed by atoms with van der Waals surface area (Å²) in [4.78, 5) is 0. The molecule has 0 aromatic carbocycles. The van der Waals surface area contributed by atoms with E-state index in [0.29, 0.717) is 5.92 Å². The van der Waals surface area contributed by atoms with Gasteiger partial charge in [0.15, 0.2) is 0 Å². The fourth-order valence-corrected chi connectivity index (χ4v) is 1.22. The summed E-state index contributed by atoms with van der Waals surface area (Å²) in [6.07, 6.45) is 7.55. The molecule has 0 fully saturated rings. The Bertz CT molecular complexity index is 143. The van der Waals surface area contributed by atoms with Gasteiger partial charge in [0.25, 0.3) is 0 Å². The minimum absolute atomic E-state index is 0.680. The Kier molecular flexibility index (Phi) is 6.78. The van der Waals surface area contributed by atoms with Gasteiger partial charge in [-0.3, -0.25) is 0 Å². The van der Waals surface area contributed by atoms with Crippen molar-refractivity contribution in [3.05, 3.63) is 24.3 Å². The van der Waals surface area contributed by atoms with E-state index in [0.717, 1.165) is 13.0 Å². The minimum atomic E-state index is 0.680. The first-order valence-electron chi connectivity index (χ1n) is 4.76. The van der Waals surface area contributed by atoms with Crippen LogP contribution in [0.4, 0.5) is 0 Å². The topological polar surface area (TPSA) is 26.0 Å². The van der Waals surface area contributed by atoms with Gasteiger partial charge in [-0.15, -0.1) is 0 Å². The Balaban J connectivity index is 3.71. The third-order valence-corrected chi connectivity index (χ3v) is 2.38. The maximum absolute atomic E-state index is 5.61. The molecule has 0 aliphatic rings. The molecule has 1 unspecified atom stereocenters. The van der Waals surface area contributed by atoms with Gasteiger partial charge < -0.3 is 5.73 Å². The highest BCUT2D eigenvalue weighted by atomic mass is 14.5. The zero-order chi connectivity index (χ0) is 9.40. The molecule has 0 aliphatic heterocycles. The lowest BCUT2D eigenvalue weighted by atomic mass is 9.97. The average molecular weight is 167 g/mol. The summed E-state index contributed by atoms with van der Waals surface area (Å²) in [6, 6.07) is 0. The largest absolute Gasteiger partial charge is 0.330 e. The number of nitrogens with two attached hydrogens (primary N) is 1. The Morgan fingerprint density at radius 1 is 1.58 bits per heavy atom. The number of hydrogen-bond donors (Lipinski definition) is 1. The maximum Gasteiger partial charge on any atom is -0.00489 e. The molecule has 0 saturated heterocycles. The summed E-state index contributed by atoms with van der Waals surface area (Å²) in [5.74, 6) is 0.680. The predicted octanol–water partition coefficient (Wildman–Crippen LogP) is 2.88. The fraction of sp³-hybridized carbons (Fsp3) is 0.636. The molecule has 0 bridgehead atoms. The van der Waals surface area contributed by atoms with E-state index in [-0.39, 0.29) is 0 Å². The van der Waals surface area contributed by atoms with Crippen molar-refractivity contribution in [2.24, 2.45) is 11.7 Å². The van der Waals surface area contributed by atoms with Crippen LogP contribution in [-0.4, -0.2) is 6.54 Å². The van der Waals surface area contributed by atoms with E-state index in [1.807, 2.05) is 6.08 Å². The molecule has 12 heavy (non-hydrogen) atoms. The van der Waals surface area contributed by atoms with Gasteiger partial charge in [0.05, 0.1) is 0 Å². The van der Waals surface area contributed by atoms with E-state index >= 15 is 0 Å². The van der Waals surface area contributed by atoms with Gasteiger partial charge >= 0.3 is 0 Å². The van der Waals surface area contributed by atoms with Gasteiger partial charge in [-0.05, 0) is 32.2 Å². The Hall–Kier alpha value is -0.560. The van der Waals surface area contributed by atoms with Crippen molar-refractivity contribution < 1.29 is 0 Å². The molecule has 0 saturated carbocycles. The van der Waals surface area contributed by atoms with Crippen LogP contribution in [0.3, 0.4) is 0 Å². The molecule has 70 valence electrons. The van der Waals surface area contributed by atoms with Crippen molar-refractivity contribution in [3.63, 3.8) is 0 Å².